The Hall–Kier alpha value is -3.32. The summed E-state index contributed by atoms with van der Waals surface area (Å²) in [5.74, 6) is -0.255. The highest BCUT2D eigenvalue weighted by molar-refractivity contribution is 6.79. The average molecular weight is 482 g/mol. The largest absolute Gasteiger partial charge is 0.496 e. The van der Waals surface area contributed by atoms with Crippen molar-refractivity contribution in [3.05, 3.63) is 30.0 Å². The molecule has 0 saturated carbocycles. The van der Waals surface area contributed by atoms with Gasteiger partial charge in [0.1, 0.15) is 23.5 Å². The molecule has 0 radical (unpaired) electrons. The number of hydrogen-bond donors (Lipinski definition) is 3. The number of nitrogens with zero attached hydrogens (tertiary/aromatic N) is 2. The van der Waals surface area contributed by atoms with Crippen molar-refractivity contribution in [1.82, 2.24) is 20.5 Å². The van der Waals surface area contributed by atoms with Crippen molar-refractivity contribution in [2.45, 2.75) is 50.5 Å². The number of H-pyrrole nitrogens is 1. The van der Waals surface area contributed by atoms with E-state index in [4.69, 9.17) is 4.74 Å². The lowest BCUT2D eigenvalue weighted by atomic mass is 9.92. The zero-order valence-electron chi connectivity index (χ0n) is 19.8. The number of fused-ring (bicyclic) bond motifs is 1. The van der Waals surface area contributed by atoms with E-state index in [-0.39, 0.29) is 30.1 Å². The molecule has 1 aromatic carbocycles. The van der Waals surface area contributed by atoms with Gasteiger partial charge in [-0.1, -0.05) is 19.2 Å². The molecule has 2 aliphatic rings. The molecule has 2 saturated heterocycles. The molecule has 10 heteroatoms. The Morgan fingerprint density at radius 3 is 2.88 bits per heavy atom. The Balaban J connectivity index is 1.52. The van der Waals surface area contributed by atoms with Gasteiger partial charge in [0.2, 0.25) is 11.8 Å². The van der Waals surface area contributed by atoms with Crippen LogP contribution in [0.4, 0.5) is 0 Å². The average Bonchev–Trinajstić information content (AvgIpc) is 3.40. The molecule has 1 aromatic heterocycles. The Morgan fingerprint density at radius 2 is 2.18 bits per heavy atom. The van der Waals surface area contributed by atoms with Crippen LogP contribution in [0.3, 0.4) is 0 Å². The summed E-state index contributed by atoms with van der Waals surface area (Å²) in [5, 5.41) is 16.1. The van der Waals surface area contributed by atoms with Gasteiger partial charge in [-0.2, -0.15) is 5.26 Å². The van der Waals surface area contributed by atoms with Crippen molar-refractivity contribution in [3.63, 3.8) is 0 Å². The molecule has 2 aliphatic heterocycles. The third-order valence-electron chi connectivity index (χ3n) is 6.75. The summed E-state index contributed by atoms with van der Waals surface area (Å²) < 4.78 is 5.40. The van der Waals surface area contributed by atoms with Gasteiger partial charge in [0, 0.05) is 29.5 Å². The van der Waals surface area contributed by atoms with Crippen molar-refractivity contribution in [1.29, 1.82) is 5.26 Å². The van der Waals surface area contributed by atoms with E-state index in [1.54, 1.807) is 18.1 Å². The molecule has 3 N–H and O–H groups in total. The molecule has 0 aliphatic carbocycles. The molecule has 3 amide bonds. The molecule has 0 spiro atoms. The van der Waals surface area contributed by atoms with E-state index in [1.165, 1.54) is 0 Å². The standard InChI is InChI=1S/C24H31N5O4Si/c1-33-21-8-4-7-18-17(21)11-19(28-18)24(32)29-14-34(2,3)13-20(29)23(31)27-16(12-25)10-15-6-5-9-26-22(15)30/h4,7-8,11,15-16,20,28H,5-6,9-10,13-14H2,1-3H3,(H,26,30)(H,27,31)/t15-,16?,20-/m0/s1. The maximum Gasteiger partial charge on any atom is 0.270 e. The predicted octanol–water partition coefficient (Wildman–Crippen LogP) is 2.17. The van der Waals surface area contributed by atoms with Crippen LogP contribution in [0.1, 0.15) is 29.8 Å². The lowest BCUT2D eigenvalue weighted by Gasteiger charge is -2.27. The number of hydrogen-bond acceptors (Lipinski definition) is 5. The van der Waals surface area contributed by atoms with Gasteiger partial charge in [0.05, 0.1) is 21.3 Å². The van der Waals surface area contributed by atoms with Crippen LogP contribution in [-0.2, 0) is 9.59 Å². The van der Waals surface area contributed by atoms with Gasteiger partial charge in [0.25, 0.3) is 5.91 Å². The number of ether oxygens (including phenoxy) is 1. The van der Waals surface area contributed by atoms with Crippen LogP contribution in [0.2, 0.25) is 19.1 Å². The Kier molecular flexibility index (Phi) is 6.66. The molecule has 9 nitrogen and oxygen atoms in total. The number of aromatic nitrogens is 1. The highest BCUT2D eigenvalue weighted by Gasteiger charge is 2.45. The quantitative estimate of drug-likeness (QED) is 0.545. The number of piperidine rings is 1. The topological polar surface area (TPSA) is 127 Å². The van der Waals surface area contributed by atoms with E-state index in [1.807, 2.05) is 18.2 Å². The molecule has 2 aromatic rings. The molecule has 3 heterocycles. The number of nitrogens with one attached hydrogen (secondary N) is 3. The Labute approximate surface area is 199 Å². The molecule has 2 fully saturated rings. The number of rotatable bonds is 6. The van der Waals surface area contributed by atoms with Crippen molar-refractivity contribution in [3.8, 4) is 11.8 Å². The number of carbonyl (C=O) groups excluding carboxylic acids is 3. The first-order valence-electron chi connectivity index (χ1n) is 11.7. The number of benzene rings is 1. The molecule has 1 unspecified atom stereocenters. The third kappa shape index (κ3) is 4.80. The molecule has 4 rings (SSSR count). The lowest BCUT2D eigenvalue weighted by Crippen LogP contribution is -2.49. The second kappa shape index (κ2) is 9.50. The second-order valence-electron chi connectivity index (χ2n) is 9.98. The van der Waals surface area contributed by atoms with Crippen LogP contribution in [-0.4, -0.2) is 67.6 Å². The van der Waals surface area contributed by atoms with Crippen LogP contribution in [0.25, 0.3) is 10.9 Å². The Bertz CT molecular complexity index is 1150. The molecular weight excluding hydrogens is 450 g/mol. The highest BCUT2D eigenvalue weighted by Crippen LogP contribution is 2.31. The molecule has 3 atom stereocenters. The van der Waals surface area contributed by atoms with E-state index in [0.717, 1.165) is 17.3 Å². The van der Waals surface area contributed by atoms with Crippen molar-refractivity contribution < 1.29 is 19.1 Å². The summed E-state index contributed by atoms with van der Waals surface area (Å²) in [4.78, 5) is 43.7. The van der Waals surface area contributed by atoms with Gasteiger partial charge in [-0.15, -0.1) is 0 Å². The number of amides is 3. The SMILES string of the molecule is COc1cccc2[nH]c(C(=O)N3C[Si](C)(C)C[C@H]3C(=O)NC(C#N)C[C@@H]3CCCNC3=O)cc12. The van der Waals surface area contributed by atoms with Crippen LogP contribution < -0.4 is 15.4 Å². The predicted molar refractivity (Wildman–Crippen MR) is 130 cm³/mol. The summed E-state index contributed by atoms with van der Waals surface area (Å²) in [7, 11) is -0.253. The summed E-state index contributed by atoms with van der Waals surface area (Å²) in [5.41, 5.74) is 1.19. The van der Waals surface area contributed by atoms with Gasteiger partial charge in [0.15, 0.2) is 0 Å². The van der Waals surface area contributed by atoms with Crippen LogP contribution in [0.15, 0.2) is 24.3 Å². The fraction of sp³-hybridized carbons (Fsp3) is 0.500. The maximum absolute atomic E-state index is 13.5. The minimum Gasteiger partial charge on any atom is -0.496 e. The first kappa shape index (κ1) is 23.8. The van der Waals surface area contributed by atoms with Gasteiger partial charge < -0.3 is 25.3 Å². The first-order chi connectivity index (χ1) is 16.2. The van der Waals surface area contributed by atoms with Crippen LogP contribution >= 0.6 is 0 Å². The number of carbonyl (C=O) groups is 3. The maximum atomic E-state index is 13.5. The van der Waals surface area contributed by atoms with E-state index >= 15 is 0 Å². The van der Waals surface area contributed by atoms with Crippen molar-refractivity contribution in [2.75, 3.05) is 19.8 Å². The van der Waals surface area contributed by atoms with E-state index in [0.29, 0.717) is 36.6 Å². The van der Waals surface area contributed by atoms with E-state index < -0.39 is 20.2 Å². The summed E-state index contributed by atoms with van der Waals surface area (Å²) >= 11 is 0. The smallest absolute Gasteiger partial charge is 0.270 e. The van der Waals surface area contributed by atoms with Gasteiger partial charge in [-0.05, 0) is 43.5 Å². The molecule has 180 valence electrons. The number of methoxy groups -OCH3 is 1. The number of nitriles is 1. The third-order valence-corrected chi connectivity index (χ3v) is 9.44. The second-order valence-corrected chi connectivity index (χ2v) is 15.0. The minimum absolute atomic E-state index is 0.0683. The fourth-order valence-electron chi connectivity index (χ4n) is 5.05. The zero-order chi connectivity index (χ0) is 24.5. The Morgan fingerprint density at radius 1 is 1.38 bits per heavy atom. The normalized spacial score (nSPS) is 22.6. The minimum atomic E-state index is -1.84. The first-order valence-corrected chi connectivity index (χ1v) is 15.1. The number of aromatic amines is 1. The molecule has 34 heavy (non-hydrogen) atoms. The highest BCUT2D eigenvalue weighted by atomic mass is 28.3. The van der Waals surface area contributed by atoms with E-state index in [2.05, 4.69) is 34.8 Å². The van der Waals surface area contributed by atoms with Gasteiger partial charge in [-0.3, -0.25) is 14.4 Å². The van der Waals surface area contributed by atoms with Gasteiger partial charge >= 0.3 is 0 Å². The zero-order valence-corrected chi connectivity index (χ0v) is 20.8. The van der Waals surface area contributed by atoms with Crippen molar-refractivity contribution in [2.24, 2.45) is 5.92 Å². The van der Waals surface area contributed by atoms with Crippen LogP contribution in [0, 0.1) is 17.2 Å². The molecule has 0 bridgehead atoms. The summed E-state index contributed by atoms with van der Waals surface area (Å²) in [6.07, 6.45) is 2.40. The summed E-state index contributed by atoms with van der Waals surface area (Å²) in [6, 6.07) is 8.65. The van der Waals surface area contributed by atoms with Crippen molar-refractivity contribution >= 4 is 36.7 Å². The lowest BCUT2D eigenvalue weighted by molar-refractivity contribution is -0.128. The monoisotopic (exact) mass is 481 g/mol. The summed E-state index contributed by atoms with van der Waals surface area (Å²) in [6.45, 7) is 4.96. The van der Waals surface area contributed by atoms with E-state index in [9.17, 15) is 19.6 Å². The van der Waals surface area contributed by atoms with Crippen LogP contribution in [0.5, 0.6) is 5.75 Å². The molecular formula is C24H31N5O4Si. The fourth-order valence-corrected chi connectivity index (χ4v) is 7.92. The van der Waals surface area contributed by atoms with Gasteiger partial charge in [-0.25, -0.2) is 0 Å².